The lowest BCUT2D eigenvalue weighted by Gasteiger charge is -2.01. The van der Waals surface area contributed by atoms with Gasteiger partial charge in [0.15, 0.2) is 37.2 Å². The van der Waals surface area contributed by atoms with E-state index in [0.717, 1.165) is 66.5 Å². The number of aromatic nitrogens is 6. The highest BCUT2D eigenvalue weighted by atomic mass is 35.5. The summed E-state index contributed by atoms with van der Waals surface area (Å²) in [5, 5.41) is 3.38. The molecule has 3 N–H and O–H groups in total. The summed E-state index contributed by atoms with van der Waals surface area (Å²) in [5.41, 5.74) is 9.53. The molecule has 0 amide bonds. The van der Waals surface area contributed by atoms with Gasteiger partial charge in [-0.05, 0) is 36.4 Å². The predicted octanol–water partition coefficient (Wildman–Crippen LogP) is -0.840. The van der Waals surface area contributed by atoms with E-state index in [1.807, 2.05) is 128 Å². The molecule has 0 aliphatic carbocycles. The zero-order valence-electron chi connectivity index (χ0n) is 27.3. The van der Waals surface area contributed by atoms with Crippen molar-refractivity contribution in [2.75, 3.05) is 0 Å². The van der Waals surface area contributed by atoms with Gasteiger partial charge in [-0.2, -0.15) is 0 Å². The Kier molecular flexibility index (Phi) is 14.0. The van der Waals surface area contributed by atoms with Crippen molar-refractivity contribution in [1.82, 2.24) is 15.0 Å². The van der Waals surface area contributed by atoms with E-state index >= 15 is 0 Å². The van der Waals surface area contributed by atoms with Crippen LogP contribution in [0.1, 0.15) is 0 Å². The van der Waals surface area contributed by atoms with Gasteiger partial charge in [0.25, 0.3) is 0 Å². The minimum atomic E-state index is 0. The number of pyridine rings is 6. The first-order valence-electron chi connectivity index (χ1n) is 15.8. The molecule has 9 heteroatoms. The van der Waals surface area contributed by atoms with Crippen molar-refractivity contribution < 1.29 is 52.2 Å². The zero-order chi connectivity index (χ0) is 32.4. The summed E-state index contributed by atoms with van der Waals surface area (Å²) >= 11 is 0. The second-order valence-corrected chi connectivity index (χ2v) is 11.0. The lowest BCUT2D eigenvalue weighted by Crippen LogP contribution is -3.00. The van der Waals surface area contributed by atoms with Gasteiger partial charge >= 0.3 is 0 Å². The normalized spacial score (nSPS) is 9.88. The van der Waals surface area contributed by atoms with Crippen molar-refractivity contribution >= 4 is 32.7 Å². The van der Waals surface area contributed by atoms with E-state index in [1.165, 1.54) is 0 Å². The Morgan fingerprint density at radius 2 is 0.569 bits per heavy atom. The van der Waals surface area contributed by atoms with Gasteiger partial charge in [0, 0.05) is 34.9 Å². The Bertz CT molecular complexity index is 2140. The first-order valence-corrected chi connectivity index (χ1v) is 15.8. The third-order valence-electron chi connectivity index (χ3n) is 7.81. The first kappa shape index (κ1) is 38.0. The zero-order valence-corrected chi connectivity index (χ0v) is 29.6. The van der Waals surface area contributed by atoms with E-state index < -0.39 is 0 Å². The van der Waals surface area contributed by atoms with Crippen LogP contribution in [0.25, 0.3) is 66.5 Å². The molecule has 252 valence electrons. The number of H-pyrrole nitrogens is 3. The molecule has 9 rings (SSSR count). The van der Waals surface area contributed by atoms with Gasteiger partial charge in [-0.15, -0.1) is 0 Å². The molecule has 6 nitrogen and oxygen atoms in total. The molecule has 0 unspecified atom stereocenters. The molecule has 0 aliphatic rings. The fourth-order valence-corrected chi connectivity index (χ4v) is 5.33. The van der Waals surface area contributed by atoms with E-state index in [0.29, 0.717) is 0 Å². The van der Waals surface area contributed by atoms with Crippen LogP contribution in [0.4, 0.5) is 0 Å². The van der Waals surface area contributed by atoms with Gasteiger partial charge < -0.3 is 37.2 Å². The lowest BCUT2D eigenvalue weighted by atomic mass is 10.1. The molecule has 3 aromatic carbocycles. The first-order chi connectivity index (χ1) is 23.8. The smallest absolute Gasteiger partial charge is 0.176 e. The molecule has 0 atom stereocenters. The number of rotatable bonds is 3. The lowest BCUT2D eigenvalue weighted by molar-refractivity contribution is -0.376. The van der Waals surface area contributed by atoms with E-state index in [2.05, 4.69) is 84.5 Å². The van der Waals surface area contributed by atoms with Crippen molar-refractivity contribution in [2.24, 2.45) is 0 Å². The monoisotopic (exact) mass is 726 g/mol. The SMILES string of the molecule is [Cl-].[Cl-].[Cl-].c1ccc(-c2ccc3c[nH+]ccc3n2)cc1.c1ccc(-c2ccc3c[nH+]ccc3n2)cc1.c1ccc(-c2ccc3c[nH+]ccc3n2)cc1. The Morgan fingerprint density at radius 3 is 0.843 bits per heavy atom. The molecule has 9 aromatic rings. The summed E-state index contributed by atoms with van der Waals surface area (Å²) in [5.74, 6) is 0. The summed E-state index contributed by atoms with van der Waals surface area (Å²) in [7, 11) is 0. The molecule has 51 heavy (non-hydrogen) atoms. The van der Waals surface area contributed by atoms with Crippen molar-refractivity contribution in [3.8, 4) is 33.8 Å². The Morgan fingerprint density at radius 1 is 0.294 bits per heavy atom. The van der Waals surface area contributed by atoms with Crippen LogP contribution in [-0.2, 0) is 0 Å². The van der Waals surface area contributed by atoms with Crippen molar-refractivity contribution in [2.45, 2.75) is 0 Å². The van der Waals surface area contributed by atoms with Gasteiger partial charge in [-0.25, -0.2) is 29.9 Å². The molecular weight excluding hydrogens is 695 g/mol. The van der Waals surface area contributed by atoms with Crippen molar-refractivity contribution in [1.29, 1.82) is 0 Å². The van der Waals surface area contributed by atoms with Crippen LogP contribution in [-0.4, -0.2) is 15.0 Å². The largest absolute Gasteiger partial charge is 1.00 e. The number of aromatic amines is 3. The summed E-state index contributed by atoms with van der Waals surface area (Å²) in [6, 6.07) is 49.0. The van der Waals surface area contributed by atoms with Crippen LogP contribution in [0.2, 0.25) is 0 Å². The van der Waals surface area contributed by atoms with Gasteiger partial charge in [0.1, 0.15) is 0 Å². The standard InChI is InChI=1S/3C14H10N2.3ClH/c3*1-2-4-11(5-3-1)13-7-6-12-10-15-9-8-14(12)16-13;;;/h3*1-10H;3*1H. The molecule has 6 heterocycles. The topological polar surface area (TPSA) is 81.1 Å². The van der Waals surface area contributed by atoms with E-state index in [-0.39, 0.29) is 37.2 Å². The summed E-state index contributed by atoms with van der Waals surface area (Å²) in [4.78, 5) is 23.0. The molecule has 0 spiro atoms. The second-order valence-electron chi connectivity index (χ2n) is 11.0. The number of nitrogens with one attached hydrogen (secondary N) is 3. The Hall–Kier alpha value is -5.79. The molecule has 0 aliphatic heterocycles. The van der Waals surface area contributed by atoms with Gasteiger partial charge in [-0.1, -0.05) is 91.0 Å². The van der Waals surface area contributed by atoms with Crippen LogP contribution in [0.5, 0.6) is 0 Å². The van der Waals surface area contributed by atoms with Crippen LogP contribution in [0.3, 0.4) is 0 Å². The quantitative estimate of drug-likeness (QED) is 0.238. The maximum Gasteiger partial charge on any atom is 0.176 e. The third kappa shape index (κ3) is 9.68. The van der Waals surface area contributed by atoms with Crippen LogP contribution in [0.15, 0.2) is 183 Å². The molecule has 6 aromatic heterocycles. The van der Waals surface area contributed by atoms with Crippen LogP contribution >= 0.6 is 0 Å². The summed E-state index contributed by atoms with van der Waals surface area (Å²) < 4.78 is 0. The van der Waals surface area contributed by atoms with Crippen LogP contribution < -0.4 is 52.2 Å². The van der Waals surface area contributed by atoms with Crippen molar-refractivity contribution in [3.63, 3.8) is 0 Å². The number of benzene rings is 3. The fourth-order valence-electron chi connectivity index (χ4n) is 5.33. The molecule has 0 saturated heterocycles. The van der Waals surface area contributed by atoms with E-state index in [9.17, 15) is 0 Å². The average molecular weight is 728 g/mol. The maximum atomic E-state index is 4.63. The molecule has 0 bridgehead atoms. The number of hydrogen-bond acceptors (Lipinski definition) is 3. The number of fused-ring (bicyclic) bond motifs is 3. The Balaban J connectivity index is 0.000000167. The number of nitrogens with zero attached hydrogens (tertiary/aromatic N) is 3. The average Bonchev–Trinajstić information content (AvgIpc) is 3.19. The fraction of sp³-hybridized carbons (Fsp3) is 0. The molecule has 0 saturated carbocycles. The molecule has 0 fully saturated rings. The van der Waals surface area contributed by atoms with Gasteiger partial charge in [0.05, 0.1) is 49.8 Å². The van der Waals surface area contributed by atoms with E-state index in [4.69, 9.17) is 0 Å². The van der Waals surface area contributed by atoms with Crippen molar-refractivity contribution in [3.05, 3.63) is 183 Å². The van der Waals surface area contributed by atoms with E-state index in [1.54, 1.807) is 0 Å². The highest BCUT2D eigenvalue weighted by molar-refractivity contribution is 5.81. The third-order valence-corrected chi connectivity index (χ3v) is 7.81. The minimum Gasteiger partial charge on any atom is -1.00 e. The molecule has 0 radical (unpaired) electrons. The Labute approximate surface area is 315 Å². The summed E-state index contributed by atoms with van der Waals surface area (Å²) in [6.45, 7) is 0. The summed E-state index contributed by atoms with van der Waals surface area (Å²) in [6.07, 6.45) is 11.5. The second kappa shape index (κ2) is 18.8. The van der Waals surface area contributed by atoms with Crippen LogP contribution in [0, 0.1) is 0 Å². The minimum absolute atomic E-state index is 0. The van der Waals surface area contributed by atoms with Gasteiger partial charge in [-0.3, -0.25) is 0 Å². The maximum absolute atomic E-state index is 4.63. The number of halogens is 3. The highest BCUT2D eigenvalue weighted by Gasteiger charge is 2.04. The predicted molar refractivity (Wildman–Crippen MR) is 191 cm³/mol. The molecular formula is C42H33Cl3N6. The van der Waals surface area contributed by atoms with Gasteiger partial charge in [0.2, 0.25) is 0 Å². The highest BCUT2D eigenvalue weighted by Crippen LogP contribution is 2.21. The number of hydrogen-bond donors (Lipinski definition) is 0.